The second-order valence-corrected chi connectivity index (χ2v) is 6.46. The molecule has 0 radical (unpaired) electrons. The maximum atomic E-state index is 11.7. The van der Waals surface area contributed by atoms with Crippen LogP contribution in [0.25, 0.3) is 0 Å². The first-order chi connectivity index (χ1) is 8.08. The zero-order valence-electron chi connectivity index (χ0n) is 11.2. The molecular weight excluding hydrogens is 278 g/mol. The number of carbonyl (C=O) groups is 1. The molecule has 3 heteroatoms. The van der Waals surface area contributed by atoms with Crippen molar-refractivity contribution in [3.63, 3.8) is 0 Å². The van der Waals surface area contributed by atoms with Crippen LogP contribution in [0.15, 0.2) is 0 Å². The van der Waals surface area contributed by atoms with Crippen LogP contribution < -0.4 is 5.32 Å². The fraction of sp³-hybridized carbons (Fsp3) is 0.929. The Morgan fingerprint density at radius 1 is 1.29 bits per heavy atom. The predicted octanol–water partition coefficient (Wildman–Crippen LogP) is 3.88. The van der Waals surface area contributed by atoms with Gasteiger partial charge in [0.05, 0.1) is 0 Å². The molecule has 0 aliphatic heterocycles. The van der Waals surface area contributed by atoms with Gasteiger partial charge in [0.15, 0.2) is 0 Å². The average Bonchev–Trinajstić information content (AvgIpc) is 2.35. The topological polar surface area (TPSA) is 29.1 Å². The summed E-state index contributed by atoms with van der Waals surface area (Å²) < 4.78 is 0. The Hall–Kier alpha value is -0.0500. The van der Waals surface area contributed by atoms with Crippen LogP contribution in [-0.2, 0) is 4.79 Å². The maximum absolute atomic E-state index is 11.7. The highest BCUT2D eigenvalue weighted by atomic mass is 79.9. The standard InChI is InChI=1S/C14H26BrNO/c1-12(2)6-7-13(17)16-11-14(10-15)8-4-3-5-9-14/h12H,3-11H2,1-2H3,(H,16,17). The van der Waals surface area contributed by atoms with E-state index in [1.54, 1.807) is 0 Å². The van der Waals surface area contributed by atoms with Crippen molar-refractivity contribution < 1.29 is 4.79 Å². The van der Waals surface area contributed by atoms with Gasteiger partial charge in [0, 0.05) is 18.3 Å². The lowest BCUT2D eigenvalue weighted by molar-refractivity contribution is -0.121. The highest BCUT2D eigenvalue weighted by Crippen LogP contribution is 2.37. The molecule has 1 saturated carbocycles. The van der Waals surface area contributed by atoms with Crippen molar-refractivity contribution in [3.05, 3.63) is 0 Å². The second-order valence-electron chi connectivity index (χ2n) is 5.90. The van der Waals surface area contributed by atoms with Crippen LogP contribution in [0.3, 0.4) is 0 Å². The van der Waals surface area contributed by atoms with Crippen molar-refractivity contribution in [2.75, 3.05) is 11.9 Å². The van der Waals surface area contributed by atoms with E-state index in [1.165, 1.54) is 32.1 Å². The lowest BCUT2D eigenvalue weighted by atomic mass is 9.75. The summed E-state index contributed by atoms with van der Waals surface area (Å²) in [5.41, 5.74) is 0.325. The van der Waals surface area contributed by atoms with Gasteiger partial charge in [-0.25, -0.2) is 0 Å². The molecule has 0 aromatic rings. The Morgan fingerprint density at radius 3 is 2.47 bits per heavy atom. The third-order valence-electron chi connectivity index (χ3n) is 3.81. The van der Waals surface area contributed by atoms with Crippen molar-refractivity contribution in [3.8, 4) is 0 Å². The van der Waals surface area contributed by atoms with E-state index in [-0.39, 0.29) is 5.91 Å². The molecule has 1 N–H and O–H groups in total. The molecule has 0 spiro atoms. The third-order valence-corrected chi connectivity index (χ3v) is 5.00. The fourth-order valence-electron chi connectivity index (χ4n) is 2.45. The van der Waals surface area contributed by atoms with Gasteiger partial charge in [-0.3, -0.25) is 4.79 Å². The lowest BCUT2D eigenvalue weighted by Gasteiger charge is -2.35. The number of carbonyl (C=O) groups excluding carboxylic acids is 1. The first kappa shape index (κ1) is 15.0. The Bertz CT molecular complexity index is 234. The van der Waals surface area contributed by atoms with E-state index in [9.17, 15) is 4.79 Å². The first-order valence-electron chi connectivity index (χ1n) is 6.91. The molecule has 1 aliphatic carbocycles. The minimum atomic E-state index is 0.226. The summed E-state index contributed by atoms with van der Waals surface area (Å²) in [5.74, 6) is 0.838. The molecular formula is C14H26BrNO. The minimum absolute atomic E-state index is 0.226. The molecule has 1 rings (SSSR count). The van der Waals surface area contributed by atoms with Crippen molar-refractivity contribution in [1.82, 2.24) is 5.32 Å². The Balaban J connectivity index is 2.29. The van der Waals surface area contributed by atoms with Gasteiger partial charge in [-0.15, -0.1) is 0 Å². The van der Waals surface area contributed by atoms with E-state index < -0.39 is 0 Å². The van der Waals surface area contributed by atoms with E-state index in [0.29, 0.717) is 17.8 Å². The van der Waals surface area contributed by atoms with Gasteiger partial charge < -0.3 is 5.32 Å². The van der Waals surface area contributed by atoms with E-state index in [1.807, 2.05) is 0 Å². The van der Waals surface area contributed by atoms with Crippen LogP contribution in [0.5, 0.6) is 0 Å². The Morgan fingerprint density at radius 2 is 1.94 bits per heavy atom. The molecule has 0 aromatic carbocycles. The maximum Gasteiger partial charge on any atom is 0.220 e. The predicted molar refractivity (Wildman–Crippen MR) is 76.4 cm³/mol. The molecule has 0 aromatic heterocycles. The summed E-state index contributed by atoms with van der Waals surface area (Å²) in [6, 6.07) is 0. The molecule has 0 heterocycles. The van der Waals surface area contributed by atoms with Crippen LogP contribution in [0.1, 0.15) is 58.8 Å². The molecule has 1 amide bonds. The number of nitrogens with one attached hydrogen (secondary N) is 1. The zero-order chi connectivity index (χ0) is 12.7. The van der Waals surface area contributed by atoms with Gasteiger partial charge >= 0.3 is 0 Å². The van der Waals surface area contributed by atoms with Crippen molar-refractivity contribution in [1.29, 1.82) is 0 Å². The summed E-state index contributed by atoms with van der Waals surface area (Å²) in [5, 5.41) is 4.15. The summed E-state index contributed by atoms with van der Waals surface area (Å²) in [7, 11) is 0. The van der Waals surface area contributed by atoms with E-state index >= 15 is 0 Å². The molecule has 2 nitrogen and oxygen atoms in total. The van der Waals surface area contributed by atoms with Crippen molar-refractivity contribution in [2.24, 2.45) is 11.3 Å². The molecule has 100 valence electrons. The number of hydrogen-bond donors (Lipinski definition) is 1. The monoisotopic (exact) mass is 303 g/mol. The Labute approximate surface area is 114 Å². The number of amides is 1. The number of alkyl halides is 1. The minimum Gasteiger partial charge on any atom is -0.356 e. The van der Waals surface area contributed by atoms with Gasteiger partial charge in [-0.2, -0.15) is 0 Å². The Kier molecular flexibility index (Phi) is 6.53. The van der Waals surface area contributed by atoms with Gasteiger partial charge in [-0.1, -0.05) is 49.0 Å². The number of hydrogen-bond acceptors (Lipinski definition) is 1. The summed E-state index contributed by atoms with van der Waals surface area (Å²) in [6.07, 6.45) is 8.16. The zero-order valence-corrected chi connectivity index (χ0v) is 12.8. The van der Waals surface area contributed by atoms with Crippen LogP contribution >= 0.6 is 15.9 Å². The van der Waals surface area contributed by atoms with Crippen LogP contribution in [-0.4, -0.2) is 17.8 Å². The lowest BCUT2D eigenvalue weighted by Crippen LogP contribution is -2.40. The quantitative estimate of drug-likeness (QED) is 0.741. The largest absolute Gasteiger partial charge is 0.356 e. The molecule has 0 bridgehead atoms. The second kappa shape index (κ2) is 7.40. The third kappa shape index (κ3) is 5.41. The average molecular weight is 304 g/mol. The number of halogens is 1. The molecule has 17 heavy (non-hydrogen) atoms. The van der Waals surface area contributed by atoms with Crippen molar-refractivity contribution in [2.45, 2.75) is 58.8 Å². The summed E-state index contributed by atoms with van der Waals surface area (Å²) >= 11 is 3.63. The molecule has 0 atom stereocenters. The van der Waals surface area contributed by atoms with Gasteiger partial charge in [0.2, 0.25) is 5.91 Å². The van der Waals surface area contributed by atoms with Crippen LogP contribution in [0, 0.1) is 11.3 Å². The van der Waals surface area contributed by atoms with E-state index in [4.69, 9.17) is 0 Å². The van der Waals surface area contributed by atoms with Gasteiger partial charge in [0.1, 0.15) is 0 Å². The van der Waals surface area contributed by atoms with E-state index in [2.05, 4.69) is 35.1 Å². The number of rotatable bonds is 6. The summed E-state index contributed by atoms with van der Waals surface area (Å²) in [6.45, 7) is 5.18. The molecule has 1 aliphatic rings. The molecule has 0 saturated heterocycles. The van der Waals surface area contributed by atoms with Gasteiger partial charge in [-0.05, 0) is 30.6 Å². The smallest absolute Gasteiger partial charge is 0.220 e. The van der Waals surface area contributed by atoms with Crippen molar-refractivity contribution >= 4 is 21.8 Å². The van der Waals surface area contributed by atoms with E-state index in [0.717, 1.165) is 18.3 Å². The first-order valence-corrected chi connectivity index (χ1v) is 8.03. The highest BCUT2D eigenvalue weighted by molar-refractivity contribution is 9.09. The van der Waals surface area contributed by atoms with Crippen LogP contribution in [0.2, 0.25) is 0 Å². The molecule has 0 unspecified atom stereocenters. The summed E-state index contributed by atoms with van der Waals surface area (Å²) in [4.78, 5) is 11.7. The van der Waals surface area contributed by atoms with Gasteiger partial charge in [0.25, 0.3) is 0 Å². The normalized spacial score (nSPS) is 19.3. The van der Waals surface area contributed by atoms with Crippen LogP contribution in [0.4, 0.5) is 0 Å². The highest BCUT2D eigenvalue weighted by Gasteiger charge is 2.31. The molecule has 1 fully saturated rings. The fourth-order valence-corrected chi connectivity index (χ4v) is 3.21. The SMILES string of the molecule is CC(C)CCC(=O)NCC1(CBr)CCCCC1.